The number of pyridine rings is 2. The fourth-order valence-corrected chi connectivity index (χ4v) is 3.47. The number of aromatic nitrogens is 2. The van der Waals surface area contributed by atoms with Crippen LogP contribution in [0.4, 0.5) is 11.5 Å². The molecule has 0 aliphatic carbocycles. The topological polar surface area (TPSA) is 93.2 Å². The number of nitrogens with one attached hydrogen (secondary N) is 2. The standard InChI is InChI=1S/C20H22N4O3S/c1-15(2)27-18-7-9-19(10-8-18)28(25,26)24-17-6-11-20(23-14-17)22-13-16-5-3-4-12-21-16/h3-12,14-15,24H,13H2,1-2H3,(H,22,23). The molecule has 28 heavy (non-hydrogen) atoms. The monoisotopic (exact) mass is 398 g/mol. The molecule has 0 unspecified atom stereocenters. The van der Waals surface area contributed by atoms with E-state index < -0.39 is 10.0 Å². The summed E-state index contributed by atoms with van der Waals surface area (Å²) in [7, 11) is -3.70. The summed E-state index contributed by atoms with van der Waals surface area (Å²) in [6.45, 7) is 4.35. The number of benzene rings is 1. The van der Waals surface area contributed by atoms with Crippen molar-refractivity contribution in [3.8, 4) is 5.75 Å². The van der Waals surface area contributed by atoms with Gasteiger partial charge < -0.3 is 10.1 Å². The first kappa shape index (κ1) is 19.6. The van der Waals surface area contributed by atoms with Crippen LogP contribution in [0.15, 0.2) is 71.9 Å². The zero-order chi connectivity index (χ0) is 20.0. The first-order chi connectivity index (χ1) is 13.4. The Morgan fingerprint density at radius 3 is 2.39 bits per heavy atom. The first-order valence-electron chi connectivity index (χ1n) is 8.82. The van der Waals surface area contributed by atoms with Gasteiger partial charge in [0.15, 0.2) is 0 Å². The van der Waals surface area contributed by atoms with Crippen molar-refractivity contribution in [2.75, 3.05) is 10.0 Å². The lowest BCUT2D eigenvalue weighted by atomic mass is 10.3. The van der Waals surface area contributed by atoms with Gasteiger partial charge in [0.05, 0.1) is 35.1 Å². The normalized spacial score (nSPS) is 11.2. The quantitative estimate of drug-likeness (QED) is 0.601. The van der Waals surface area contributed by atoms with Crippen LogP contribution < -0.4 is 14.8 Å². The van der Waals surface area contributed by atoms with E-state index in [1.165, 1.54) is 18.3 Å². The average Bonchev–Trinajstić information content (AvgIpc) is 2.68. The van der Waals surface area contributed by atoms with Gasteiger partial charge in [-0.1, -0.05) is 6.07 Å². The second kappa shape index (κ2) is 8.71. The van der Waals surface area contributed by atoms with E-state index in [0.717, 1.165) is 5.69 Å². The van der Waals surface area contributed by atoms with Gasteiger partial charge in [-0.05, 0) is 62.4 Å². The van der Waals surface area contributed by atoms with Gasteiger partial charge >= 0.3 is 0 Å². The highest BCUT2D eigenvalue weighted by Gasteiger charge is 2.14. The number of hydrogen-bond donors (Lipinski definition) is 2. The average molecular weight is 398 g/mol. The molecule has 0 saturated carbocycles. The zero-order valence-electron chi connectivity index (χ0n) is 15.7. The minimum Gasteiger partial charge on any atom is -0.491 e. The van der Waals surface area contributed by atoms with Gasteiger partial charge in [0, 0.05) is 6.20 Å². The Balaban J connectivity index is 1.62. The SMILES string of the molecule is CC(C)Oc1ccc(S(=O)(=O)Nc2ccc(NCc3ccccn3)nc2)cc1. The molecular weight excluding hydrogens is 376 g/mol. The molecule has 0 saturated heterocycles. The van der Waals surface area contributed by atoms with Crippen LogP contribution in [0.2, 0.25) is 0 Å². The van der Waals surface area contributed by atoms with Crippen molar-refractivity contribution < 1.29 is 13.2 Å². The van der Waals surface area contributed by atoms with Crippen LogP contribution >= 0.6 is 0 Å². The Kier molecular flexibility index (Phi) is 6.10. The van der Waals surface area contributed by atoms with Gasteiger partial charge in [0.25, 0.3) is 10.0 Å². The molecule has 3 aromatic rings. The van der Waals surface area contributed by atoms with Crippen LogP contribution in [-0.2, 0) is 16.6 Å². The number of rotatable bonds is 8. The van der Waals surface area contributed by atoms with E-state index >= 15 is 0 Å². The van der Waals surface area contributed by atoms with Crippen LogP contribution in [0.3, 0.4) is 0 Å². The maximum Gasteiger partial charge on any atom is 0.261 e. The highest BCUT2D eigenvalue weighted by molar-refractivity contribution is 7.92. The second-order valence-corrected chi connectivity index (χ2v) is 8.03. The zero-order valence-corrected chi connectivity index (χ0v) is 16.5. The Hall–Kier alpha value is -3.13. The predicted molar refractivity (Wildman–Crippen MR) is 109 cm³/mol. The third-order valence-electron chi connectivity index (χ3n) is 3.70. The summed E-state index contributed by atoms with van der Waals surface area (Å²) in [6.07, 6.45) is 3.22. The molecule has 0 aliphatic heterocycles. The molecule has 0 amide bonds. The second-order valence-electron chi connectivity index (χ2n) is 6.35. The summed E-state index contributed by atoms with van der Waals surface area (Å²) < 4.78 is 33.1. The van der Waals surface area contributed by atoms with Crippen molar-refractivity contribution in [2.45, 2.75) is 31.4 Å². The van der Waals surface area contributed by atoms with Crippen LogP contribution in [0, 0.1) is 0 Å². The molecule has 2 aromatic heterocycles. The fourth-order valence-electron chi connectivity index (χ4n) is 2.43. The maximum absolute atomic E-state index is 12.5. The van der Waals surface area contributed by atoms with E-state index in [9.17, 15) is 8.42 Å². The molecular formula is C20H22N4O3S. The van der Waals surface area contributed by atoms with Crippen molar-refractivity contribution in [3.63, 3.8) is 0 Å². The number of ether oxygens (including phenoxy) is 1. The molecule has 8 heteroatoms. The molecule has 0 bridgehead atoms. The number of hydrogen-bond acceptors (Lipinski definition) is 6. The highest BCUT2D eigenvalue weighted by Crippen LogP contribution is 2.20. The smallest absolute Gasteiger partial charge is 0.261 e. The molecule has 7 nitrogen and oxygen atoms in total. The van der Waals surface area contributed by atoms with Crippen LogP contribution in [0.5, 0.6) is 5.75 Å². The lowest BCUT2D eigenvalue weighted by Crippen LogP contribution is -2.13. The molecule has 2 N–H and O–H groups in total. The van der Waals surface area contributed by atoms with Gasteiger partial charge in [0.2, 0.25) is 0 Å². The van der Waals surface area contributed by atoms with E-state index in [0.29, 0.717) is 23.8 Å². The van der Waals surface area contributed by atoms with E-state index in [-0.39, 0.29) is 11.0 Å². The molecule has 0 atom stereocenters. The Labute approximate surface area is 164 Å². The summed E-state index contributed by atoms with van der Waals surface area (Å²) >= 11 is 0. The maximum atomic E-state index is 12.5. The van der Waals surface area contributed by atoms with Crippen LogP contribution in [0.1, 0.15) is 19.5 Å². The van der Waals surface area contributed by atoms with E-state index in [4.69, 9.17) is 4.74 Å². The summed E-state index contributed by atoms with van der Waals surface area (Å²) in [5, 5.41) is 3.14. The molecule has 0 spiro atoms. The van der Waals surface area contributed by atoms with Gasteiger partial charge in [-0.25, -0.2) is 13.4 Å². The lowest BCUT2D eigenvalue weighted by Gasteiger charge is -2.11. The van der Waals surface area contributed by atoms with E-state index in [1.807, 2.05) is 32.0 Å². The third-order valence-corrected chi connectivity index (χ3v) is 5.10. The predicted octanol–water partition coefficient (Wildman–Crippen LogP) is 3.68. The Morgan fingerprint density at radius 2 is 1.79 bits per heavy atom. The van der Waals surface area contributed by atoms with Crippen molar-refractivity contribution in [1.82, 2.24) is 9.97 Å². The number of nitrogens with zero attached hydrogens (tertiary/aromatic N) is 2. The summed E-state index contributed by atoms with van der Waals surface area (Å²) in [4.78, 5) is 8.61. The number of anilines is 2. The van der Waals surface area contributed by atoms with E-state index in [2.05, 4.69) is 20.0 Å². The van der Waals surface area contributed by atoms with Crippen LogP contribution in [-0.4, -0.2) is 24.5 Å². The molecule has 0 radical (unpaired) electrons. The Bertz CT molecular complexity index is 990. The van der Waals surface area contributed by atoms with Gasteiger partial charge in [0.1, 0.15) is 11.6 Å². The highest BCUT2D eigenvalue weighted by atomic mass is 32.2. The minimum absolute atomic E-state index is 0.0245. The molecule has 3 rings (SSSR count). The lowest BCUT2D eigenvalue weighted by molar-refractivity contribution is 0.242. The summed E-state index contributed by atoms with van der Waals surface area (Å²) in [5.41, 5.74) is 1.27. The largest absolute Gasteiger partial charge is 0.491 e. The van der Waals surface area contributed by atoms with Crippen molar-refractivity contribution in [2.24, 2.45) is 0 Å². The molecule has 2 heterocycles. The Morgan fingerprint density at radius 1 is 1.00 bits per heavy atom. The number of sulfonamides is 1. The third kappa shape index (κ3) is 5.43. The minimum atomic E-state index is -3.70. The first-order valence-corrected chi connectivity index (χ1v) is 10.3. The molecule has 0 aliphatic rings. The molecule has 1 aromatic carbocycles. The van der Waals surface area contributed by atoms with Crippen molar-refractivity contribution >= 4 is 21.5 Å². The van der Waals surface area contributed by atoms with Crippen LogP contribution in [0.25, 0.3) is 0 Å². The summed E-state index contributed by atoms with van der Waals surface area (Å²) in [5.74, 6) is 1.25. The summed E-state index contributed by atoms with van der Waals surface area (Å²) in [6, 6.07) is 15.3. The van der Waals surface area contributed by atoms with Gasteiger partial charge in [-0.3, -0.25) is 9.71 Å². The van der Waals surface area contributed by atoms with Gasteiger partial charge in [-0.15, -0.1) is 0 Å². The van der Waals surface area contributed by atoms with Crippen molar-refractivity contribution in [1.29, 1.82) is 0 Å². The molecule has 0 fully saturated rings. The van der Waals surface area contributed by atoms with Crippen molar-refractivity contribution in [3.05, 3.63) is 72.7 Å². The van der Waals surface area contributed by atoms with E-state index in [1.54, 1.807) is 30.5 Å². The fraction of sp³-hybridized carbons (Fsp3) is 0.200. The molecule has 146 valence electrons. The van der Waals surface area contributed by atoms with Gasteiger partial charge in [-0.2, -0.15) is 0 Å².